The highest BCUT2D eigenvalue weighted by Gasteiger charge is 2.20. The van der Waals surface area contributed by atoms with Gasteiger partial charge < -0.3 is 14.4 Å². The summed E-state index contributed by atoms with van der Waals surface area (Å²) in [7, 11) is -4.11. The van der Waals surface area contributed by atoms with Gasteiger partial charge in [0, 0.05) is 0 Å². The van der Waals surface area contributed by atoms with Crippen molar-refractivity contribution in [2.45, 2.75) is 13.8 Å². The van der Waals surface area contributed by atoms with Gasteiger partial charge in [0.25, 0.3) is 0 Å². The monoisotopic (exact) mass is 366 g/mol. The zero-order valence-electron chi connectivity index (χ0n) is 14.4. The second-order valence-electron chi connectivity index (χ2n) is 5.46. The molecule has 0 amide bonds. The molecule has 1 N–H and O–H groups in total. The molecule has 0 saturated heterocycles. The van der Waals surface area contributed by atoms with E-state index in [1.54, 1.807) is 0 Å². The third kappa shape index (κ3) is 7.71. The van der Waals surface area contributed by atoms with Crippen LogP contribution < -0.4 is 9.47 Å². The first kappa shape index (κ1) is 19.5. The minimum Gasteiger partial charge on any atom is -0.491 e. The lowest BCUT2D eigenvalue weighted by atomic mass is 10.2. The molecule has 0 aliphatic carbocycles. The summed E-state index contributed by atoms with van der Waals surface area (Å²) < 4.78 is 32.3. The zero-order valence-corrected chi connectivity index (χ0v) is 15.3. The predicted molar refractivity (Wildman–Crippen MR) is 95.1 cm³/mol. The van der Waals surface area contributed by atoms with E-state index in [2.05, 4.69) is 0 Å². The van der Waals surface area contributed by atoms with Gasteiger partial charge in [-0.05, 0) is 38.1 Å². The minimum atomic E-state index is -4.11. The number of hydrogen-bond acceptors (Lipinski definition) is 5. The van der Waals surface area contributed by atoms with E-state index in [1.807, 2.05) is 62.4 Å². The molecule has 0 aliphatic heterocycles. The van der Waals surface area contributed by atoms with E-state index < -0.39 is 7.82 Å². The van der Waals surface area contributed by atoms with Gasteiger partial charge in [0.1, 0.15) is 24.7 Å². The molecule has 2 aromatic carbocycles. The fourth-order valence-electron chi connectivity index (χ4n) is 1.93. The predicted octanol–water partition coefficient (Wildman–Crippen LogP) is 3.89. The third-order valence-electron chi connectivity index (χ3n) is 3.25. The van der Waals surface area contributed by atoms with Gasteiger partial charge >= 0.3 is 7.82 Å². The summed E-state index contributed by atoms with van der Waals surface area (Å²) in [5.41, 5.74) is 2.26. The van der Waals surface area contributed by atoms with Crippen LogP contribution in [-0.2, 0) is 13.6 Å². The van der Waals surface area contributed by atoms with E-state index in [9.17, 15) is 9.46 Å². The van der Waals surface area contributed by atoms with E-state index >= 15 is 0 Å². The van der Waals surface area contributed by atoms with Gasteiger partial charge in [-0.3, -0.25) is 9.05 Å². The van der Waals surface area contributed by atoms with Crippen LogP contribution in [0.3, 0.4) is 0 Å². The second kappa shape index (κ2) is 9.59. The second-order valence-corrected chi connectivity index (χ2v) is 6.91. The molecule has 136 valence electrons. The smallest absolute Gasteiger partial charge is 0.472 e. The Morgan fingerprint density at radius 3 is 1.44 bits per heavy atom. The molecule has 0 aliphatic rings. The molecule has 0 bridgehead atoms. The first-order chi connectivity index (χ1) is 11.9. The fraction of sp³-hybridized carbons (Fsp3) is 0.333. The van der Waals surface area contributed by atoms with Gasteiger partial charge in [-0.15, -0.1) is 0 Å². The van der Waals surface area contributed by atoms with Gasteiger partial charge in [-0.2, -0.15) is 0 Å². The largest absolute Gasteiger partial charge is 0.491 e. The van der Waals surface area contributed by atoms with Crippen molar-refractivity contribution in [3.05, 3.63) is 59.7 Å². The van der Waals surface area contributed by atoms with Crippen molar-refractivity contribution in [2.24, 2.45) is 0 Å². The molecule has 6 nitrogen and oxygen atoms in total. The summed E-state index contributed by atoms with van der Waals surface area (Å²) in [5.74, 6) is 1.35. The Balaban J connectivity index is 1.59. The number of hydrogen-bond donors (Lipinski definition) is 1. The normalized spacial score (nSPS) is 11.3. The Morgan fingerprint density at radius 1 is 0.720 bits per heavy atom. The fourth-order valence-corrected chi connectivity index (χ4v) is 2.62. The maximum atomic E-state index is 11.7. The number of phosphoric acid groups is 1. The lowest BCUT2D eigenvalue weighted by Gasteiger charge is -2.13. The molecule has 2 aromatic rings. The van der Waals surface area contributed by atoms with Gasteiger partial charge in [0.15, 0.2) is 0 Å². The summed E-state index contributed by atoms with van der Waals surface area (Å²) in [6, 6.07) is 15.0. The maximum absolute atomic E-state index is 11.7. The van der Waals surface area contributed by atoms with Gasteiger partial charge in [-0.1, -0.05) is 35.4 Å². The van der Waals surface area contributed by atoms with E-state index in [-0.39, 0.29) is 26.4 Å². The molecule has 0 fully saturated rings. The molecule has 0 atom stereocenters. The van der Waals surface area contributed by atoms with Crippen molar-refractivity contribution in [1.82, 2.24) is 0 Å². The summed E-state index contributed by atoms with van der Waals surface area (Å²) in [5, 5.41) is 0. The number of rotatable bonds is 10. The highest BCUT2D eigenvalue weighted by molar-refractivity contribution is 7.47. The van der Waals surface area contributed by atoms with Crippen LogP contribution in [0.15, 0.2) is 48.5 Å². The van der Waals surface area contributed by atoms with E-state index in [0.717, 1.165) is 11.1 Å². The Kier molecular flexibility index (Phi) is 7.47. The standard InChI is InChI=1S/C18H23O6P/c1-15-3-7-17(8-4-15)21-11-13-23-25(19,20)24-14-12-22-18-9-5-16(2)6-10-18/h3-10H,11-14H2,1-2H3,(H,19,20). The lowest BCUT2D eigenvalue weighted by Crippen LogP contribution is -2.09. The molecule has 2 rings (SSSR count). The summed E-state index contributed by atoms with van der Waals surface area (Å²) in [6.07, 6.45) is 0. The number of aryl methyl sites for hydroxylation is 2. The number of phosphoric ester groups is 1. The van der Waals surface area contributed by atoms with Crippen LogP contribution in [0.1, 0.15) is 11.1 Å². The Hall–Kier alpha value is -1.85. The Morgan fingerprint density at radius 2 is 1.08 bits per heavy atom. The van der Waals surface area contributed by atoms with Crippen molar-refractivity contribution in [3.8, 4) is 11.5 Å². The third-order valence-corrected chi connectivity index (χ3v) is 4.27. The van der Waals surface area contributed by atoms with Crippen LogP contribution in [-0.4, -0.2) is 31.3 Å². The van der Waals surface area contributed by atoms with Crippen molar-refractivity contribution < 1.29 is 28.0 Å². The van der Waals surface area contributed by atoms with Crippen LogP contribution in [0, 0.1) is 13.8 Å². The highest BCUT2D eigenvalue weighted by atomic mass is 31.2. The van der Waals surface area contributed by atoms with Crippen LogP contribution >= 0.6 is 7.82 Å². The lowest BCUT2D eigenvalue weighted by molar-refractivity contribution is 0.115. The molecule has 25 heavy (non-hydrogen) atoms. The molecule has 0 spiro atoms. The van der Waals surface area contributed by atoms with Crippen molar-refractivity contribution in [2.75, 3.05) is 26.4 Å². The van der Waals surface area contributed by atoms with Crippen LogP contribution in [0.4, 0.5) is 0 Å². The number of benzene rings is 2. The molecule has 0 unspecified atom stereocenters. The van der Waals surface area contributed by atoms with Gasteiger partial charge in [0.2, 0.25) is 0 Å². The van der Waals surface area contributed by atoms with Gasteiger partial charge in [0.05, 0.1) is 13.2 Å². The molecular formula is C18H23O6P. The quantitative estimate of drug-likeness (QED) is 0.508. The van der Waals surface area contributed by atoms with Gasteiger partial charge in [-0.25, -0.2) is 4.57 Å². The average Bonchev–Trinajstić information content (AvgIpc) is 2.59. The van der Waals surface area contributed by atoms with Crippen LogP contribution in [0.25, 0.3) is 0 Å². The minimum absolute atomic E-state index is 0.0551. The van der Waals surface area contributed by atoms with Crippen LogP contribution in [0.2, 0.25) is 0 Å². The zero-order chi connectivity index (χ0) is 18.1. The summed E-state index contributed by atoms with van der Waals surface area (Å²) in [4.78, 5) is 9.58. The van der Waals surface area contributed by atoms with Crippen molar-refractivity contribution in [3.63, 3.8) is 0 Å². The maximum Gasteiger partial charge on any atom is 0.472 e. The molecule has 0 aromatic heterocycles. The molecular weight excluding hydrogens is 343 g/mol. The van der Waals surface area contributed by atoms with E-state index in [0.29, 0.717) is 11.5 Å². The number of ether oxygens (including phenoxy) is 2. The molecule has 7 heteroatoms. The van der Waals surface area contributed by atoms with Crippen molar-refractivity contribution in [1.29, 1.82) is 0 Å². The Labute approximate surface area is 147 Å². The molecule has 0 radical (unpaired) electrons. The summed E-state index contributed by atoms with van der Waals surface area (Å²) >= 11 is 0. The first-order valence-corrected chi connectivity index (χ1v) is 9.45. The molecule has 0 saturated carbocycles. The average molecular weight is 366 g/mol. The van der Waals surface area contributed by atoms with Crippen molar-refractivity contribution >= 4 is 7.82 Å². The van der Waals surface area contributed by atoms with E-state index in [1.165, 1.54) is 0 Å². The Bertz CT molecular complexity index is 626. The topological polar surface area (TPSA) is 74.2 Å². The molecule has 0 heterocycles. The highest BCUT2D eigenvalue weighted by Crippen LogP contribution is 2.42. The first-order valence-electron chi connectivity index (χ1n) is 7.95. The summed E-state index contributed by atoms with van der Waals surface area (Å²) in [6.45, 7) is 4.15. The van der Waals surface area contributed by atoms with Crippen LogP contribution in [0.5, 0.6) is 11.5 Å². The van der Waals surface area contributed by atoms with E-state index in [4.69, 9.17) is 18.5 Å². The SMILES string of the molecule is Cc1ccc(OCCOP(=O)(O)OCCOc2ccc(C)cc2)cc1.